The van der Waals surface area contributed by atoms with Gasteiger partial charge in [0, 0.05) is 51.0 Å². The molecule has 0 unspecified atom stereocenters. The van der Waals surface area contributed by atoms with Gasteiger partial charge in [-0.2, -0.15) is 0 Å². The Bertz CT molecular complexity index is 597. The van der Waals surface area contributed by atoms with Crippen LogP contribution in [0, 0.1) is 5.41 Å². The minimum atomic E-state index is 0.149. The second-order valence-corrected chi connectivity index (χ2v) is 7.84. The molecular formula is C19H30N4O2. The van der Waals surface area contributed by atoms with Gasteiger partial charge in [0.25, 0.3) is 0 Å². The molecule has 0 saturated carbocycles. The fourth-order valence-corrected chi connectivity index (χ4v) is 4.17. The fourth-order valence-electron chi connectivity index (χ4n) is 4.17. The van der Waals surface area contributed by atoms with Crippen molar-refractivity contribution in [2.24, 2.45) is 5.41 Å². The zero-order valence-electron chi connectivity index (χ0n) is 15.4. The lowest BCUT2D eigenvalue weighted by atomic mass is 9.72. The maximum Gasteiger partial charge on any atom is 0.222 e. The smallest absolute Gasteiger partial charge is 0.222 e. The van der Waals surface area contributed by atoms with Crippen molar-refractivity contribution in [1.82, 2.24) is 14.9 Å². The van der Waals surface area contributed by atoms with Gasteiger partial charge in [0.2, 0.25) is 5.91 Å². The Morgan fingerprint density at radius 1 is 1.28 bits per heavy atom. The number of likely N-dealkylation sites (tertiary alicyclic amines) is 1. The van der Waals surface area contributed by atoms with Gasteiger partial charge in [-0.05, 0) is 37.0 Å². The third-order valence-electron chi connectivity index (χ3n) is 5.80. The summed E-state index contributed by atoms with van der Waals surface area (Å²) in [5, 5.41) is 9.06. The van der Waals surface area contributed by atoms with Gasteiger partial charge in [0.05, 0.1) is 0 Å². The molecule has 0 atom stereocenters. The first-order valence-corrected chi connectivity index (χ1v) is 9.48. The number of anilines is 1. The van der Waals surface area contributed by atoms with Crippen molar-refractivity contribution >= 4 is 11.7 Å². The Morgan fingerprint density at radius 3 is 2.72 bits per heavy atom. The van der Waals surface area contributed by atoms with Crippen LogP contribution in [0.25, 0.3) is 0 Å². The zero-order chi connectivity index (χ0) is 17.9. The molecule has 2 fully saturated rings. The molecular weight excluding hydrogens is 316 g/mol. The van der Waals surface area contributed by atoms with Gasteiger partial charge in [-0.25, -0.2) is 9.97 Å². The van der Waals surface area contributed by atoms with E-state index in [1.807, 2.05) is 11.1 Å². The van der Waals surface area contributed by atoms with Gasteiger partial charge in [0.15, 0.2) is 0 Å². The number of amides is 1. The zero-order valence-corrected chi connectivity index (χ0v) is 15.4. The molecule has 1 amide bonds. The van der Waals surface area contributed by atoms with Crippen LogP contribution < -0.4 is 4.90 Å². The summed E-state index contributed by atoms with van der Waals surface area (Å²) in [6.07, 6.45) is 8.09. The number of hydrogen-bond donors (Lipinski definition) is 1. The molecule has 2 saturated heterocycles. The monoisotopic (exact) mass is 346 g/mol. The molecule has 3 heterocycles. The first-order valence-electron chi connectivity index (χ1n) is 9.48. The van der Waals surface area contributed by atoms with Gasteiger partial charge in [0.1, 0.15) is 12.1 Å². The number of aliphatic hydroxyl groups excluding tert-OH is 1. The number of aliphatic hydroxyl groups is 1. The van der Waals surface area contributed by atoms with Crippen molar-refractivity contribution in [1.29, 1.82) is 0 Å². The molecule has 25 heavy (non-hydrogen) atoms. The Morgan fingerprint density at radius 2 is 2.04 bits per heavy atom. The normalized spacial score (nSPS) is 20.6. The van der Waals surface area contributed by atoms with E-state index in [-0.39, 0.29) is 17.9 Å². The van der Waals surface area contributed by atoms with Crippen molar-refractivity contribution in [3.8, 4) is 0 Å². The van der Waals surface area contributed by atoms with Gasteiger partial charge in [-0.3, -0.25) is 4.79 Å². The average molecular weight is 346 g/mol. The standard InChI is InChI=1S/C19H30N4O2/c1-15(2)16-12-20-14-21-18(16)22-9-6-19(7-10-22)5-4-17(25)23(13-19)8-3-11-24/h12,14-15,24H,3-11,13H2,1-2H3. The molecule has 2 aliphatic rings. The molecule has 1 N–H and O–H groups in total. The van der Waals surface area contributed by atoms with Crippen molar-refractivity contribution in [3.63, 3.8) is 0 Å². The summed E-state index contributed by atoms with van der Waals surface area (Å²) in [6, 6.07) is 0. The summed E-state index contributed by atoms with van der Waals surface area (Å²) in [5.74, 6) is 1.73. The van der Waals surface area contributed by atoms with Crippen molar-refractivity contribution in [2.45, 2.75) is 51.9 Å². The summed E-state index contributed by atoms with van der Waals surface area (Å²) in [6.45, 7) is 8.01. The topological polar surface area (TPSA) is 69.6 Å². The van der Waals surface area contributed by atoms with Crippen LogP contribution in [0.15, 0.2) is 12.5 Å². The molecule has 138 valence electrons. The lowest BCUT2D eigenvalue weighted by molar-refractivity contribution is -0.138. The van der Waals surface area contributed by atoms with Crippen molar-refractivity contribution < 1.29 is 9.90 Å². The molecule has 1 aromatic heterocycles. The predicted octanol–water partition coefficient (Wildman–Crippen LogP) is 2.19. The Hall–Kier alpha value is -1.69. The Kier molecular flexibility index (Phi) is 5.57. The van der Waals surface area contributed by atoms with E-state index in [1.54, 1.807) is 6.33 Å². The molecule has 6 nitrogen and oxygen atoms in total. The molecule has 2 aliphatic heterocycles. The molecule has 0 aromatic carbocycles. The van der Waals surface area contributed by atoms with Crippen LogP contribution in [0.1, 0.15) is 57.4 Å². The minimum absolute atomic E-state index is 0.149. The van der Waals surface area contributed by atoms with E-state index in [4.69, 9.17) is 5.11 Å². The van der Waals surface area contributed by atoms with Gasteiger partial charge in [-0.1, -0.05) is 13.8 Å². The molecule has 6 heteroatoms. The minimum Gasteiger partial charge on any atom is -0.396 e. The largest absolute Gasteiger partial charge is 0.396 e. The van der Waals surface area contributed by atoms with E-state index in [0.717, 1.165) is 44.7 Å². The predicted molar refractivity (Wildman–Crippen MR) is 97.5 cm³/mol. The summed E-state index contributed by atoms with van der Waals surface area (Å²) in [4.78, 5) is 25.2. The highest BCUT2D eigenvalue weighted by Crippen LogP contribution is 2.41. The summed E-state index contributed by atoms with van der Waals surface area (Å²) in [5.41, 5.74) is 1.45. The van der Waals surface area contributed by atoms with Crippen LogP contribution in [-0.4, -0.2) is 58.7 Å². The van der Waals surface area contributed by atoms with E-state index >= 15 is 0 Å². The summed E-state index contributed by atoms with van der Waals surface area (Å²) in [7, 11) is 0. The van der Waals surface area contributed by atoms with Crippen LogP contribution in [-0.2, 0) is 4.79 Å². The first-order chi connectivity index (χ1) is 12.0. The molecule has 0 radical (unpaired) electrons. The van der Waals surface area contributed by atoms with Crippen LogP contribution >= 0.6 is 0 Å². The Balaban J connectivity index is 1.66. The second-order valence-electron chi connectivity index (χ2n) is 7.84. The van der Waals surface area contributed by atoms with E-state index in [2.05, 4.69) is 28.7 Å². The van der Waals surface area contributed by atoms with Crippen molar-refractivity contribution in [2.75, 3.05) is 37.7 Å². The van der Waals surface area contributed by atoms with Crippen LogP contribution in [0.5, 0.6) is 0 Å². The highest BCUT2D eigenvalue weighted by atomic mass is 16.3. The SMILES string of the molecule is CC(C)c1cncnc1N1CCC2(CCC(=O)N(CCCO)C2)CC1. The molecule has 0 bridgehead atoms. The van der Waals surface area contributed by atoms with E-state index in [9.17, 15) is 4.79 Å². The van der Waals surface area contributed by atoms with Crippen LogP contribution in [0.3, 0.4) is 0 Å². The molecule has 0 aliphatic carbocycles. The third kappa shape index (κ3) is 3.94. The quantitative estimate of drug-likeness (QED) is 0.885. The molecule has 3 rings (SSSR count). The first kappa shape index (κ1) is 18.1. The second kappa shape index (κ2) is 7.68. The lowest BCUT2D eigenvalue weighted by Crippen LogP contribution is -2.52. The lowest BCUT2D eigenvalue weighted by Gasteiger charge is -2.48. The summed E-state index contributed by atoms with van der Waals surface area (Å²) < 4.78 is 0. The maximum atomic E-state index is 12.1. The van der Waals surface area contributed by atoms with E-state index in [0.29, 0.717) is 25.3 Å². The number of rotatable bonds is 5. The highest BCUT2D eigenvalue weighted by molar-refractivity contribution is 5.77. The number of carbonyl (C=O) groups is 1. The number of aromatic nitrogens is 2. The van der Waals surface area contributed by atoms with Gasteiger partial charge in [-0.15, -0.1) is 0 Å². The van der Waals surface area contributed by atoms with E-state index in [1.165, 1.54) is 5.56 Å². The fraction of sp³-hybridized carbons (Fsp3) is 0.737. The summed E-state index contributed by atoms with van der Waals surface area (Å²) >= 11 is 0. The van der Waals surface area contributed by atoms with Gasteiger partial charge >= 0.3 is 0 Å². The number of nitrogens with zero attached hydrogens (tertiary/aromatic N) is 4. The average Bonchev–Trinajstić information content (AvgIpc) is 2.63. The molecule has 1 spiro atoms. The number of hydrogen-bond acceptors (Lipinski definition) is 5. The Labute approximate surface area is 150 Å². The van der Waals surface area contributed by atoms with Crippen LogP contribution in [0.4, 0.5) is 5.82 Å². The maximum absolute atomic E-state index is 12.1. The third-order valence-corrected chi connectivity index (χ3v) is 5.80. The van der Waals surface area contributed by atoms with Crippen LogP contribution in [0.2, 0.25) is 0 Å². The molecule has 1 aromatic rings. The number of piperidine rings is 2. The van der Waals surface area contributed by atoms with Gasteiger partial charge < -0.3 is 14.9 Å². The highest BCUT2D eigenvalue weighted by Gasteiger charge is 2.41. The van der Waals surface area contributed by atoms with E-state index < -0.39 is 0 Å². The number of carbonyl (C=O) groups excluding carboxylic acids is 1. The van der Waals surface area contributed by atoms with Crippen molar-refractivity contribution in [3.05, 3.63) is 18.1 Å².